The van der Waals surface area contributed by atoms with Crippen molar-refractivity contribution in [3.05, 3.63) is 41.0 Å². The van der Waals surface area contributed by atoms with Gasteiger partial charge >= 0.3 is 0 Å². The van der Waals surface area contributed by atoms with Crippen LogP contribution in [0, 0.1) is 13.8 Å². The first-order chi connectivity index (χ1) is 10.2. The average molecular weight is 286 g/mol. The number of pyridine rings is 1. The Morgan fingerprint density at radius 3 is 3.00 bits per heavy atom. The lowest BCUT2D eigenvalue weighted by Crippen LogP contribution is -2.24. The number of rotatable bonds is 4. The summed E-state index contributed by atoms with van der Waals surface area (Å²) in [7, 11) is 1.69. The van der Waals surface area contributed by atoms with Gasteiger partial charge in [-0.1, -0.05) is 0 Å². The van der Waals surface area contributed by atoms with Crippen molar-refractivity contribution in [3.63, 3.8) is 0 Å². The standard InChI is InChI=1S/C16H22N4O/c1-11-16(12(2)19-18-11)15-5-4-8-20(15)10-13-9-14(21-3)6-7-17-13/h6-7,9,15H,4-5,8,10H2,1-3H3,(H,18,19). The average Bonchev–Trinajstić information content (AvgIpc) is 3.06. The van der Waals surface area contributed by atoms with Gasteiger partial charge in [0.25, 0.3) is 0 Å². The van der Waals surface area contributed by atoms with Crippen LogP contribution in [-0.4, -0.2) is 33.7 Å². The second-order valence-corrected chi connectivity index (χ2v) is 5.66. The molecule has 0 spiro atoms. The molecule has 2 aromatic rings. The molecule has 0 bridgehead atoms. The predicted molar refractivity (Wildman–Crippen MR) is 81.2 cm³/mol. The summed E-state index contributed by atoms with van der Waals surface area (Å²) in [5.41, 5.74) is 4.71. The van der Waals surface area contributed by atoms with E-state index in [-0.39, 0.29) is 0 Å². The van der Waals surface area contributed by atoms with E-state index in [1.165, 1.54) is 24.1 Å². The van der Waals surface area contributed by atoms with Gasteiger partial charge in [-0.3, -0.25) is 15.0 Å². The first kappa shape index (κ1) is 14.1. The van der Waals surface area contributed by atoms with E-state index in [0.29, 0.717) is 6.04 Å². The molecular weight excluding hydrogens is 264 g/mol. The molecule has 1 fully saturated rings. The summed E-state index contributed by atoms with van der Waals surface area (Å²) in [4.78, 5) is 6.96. The topological polar surface area (TPSA) is 54.0 Å². The molecule has 0 saturated carbocycles. The summed E-state index contributed by atoms with van der Waals surface area (Å²) in [6, 6.07) is 4.34. The van der Waals surface area contributed by atoms with Crippen molar-refractivity contribution < 1.29 is 4.74 Å². The molecule has 1 unspecified atom stereocenters. The van der Waals surface area contributed by atoms with Gasteiger partial charge in [-0.25, -0.2) is 0 Å². The fourth-order valence-electron chi connectivity index (χ4n) is 3.27. The number of aryl methyl sites for hydroxylation is 2. The maximum Gasteiger partial charge on any atom is 0.122 e. The Labute approximate surface area is 125 Å². The van der Waals surface area contributed by atoms with Crippen molar-refractivity contribution in [1.82, 2.24) is 20.1 Å². The minimum atomic E-state index is 0.441. The molecule has 0 radical (unpaired) electrons. The molecule has 1 atom stereocenters. The number of aromatic nitrogens is 3. The molecular formula is C16H22N4O. The highest BCUT2D eigenvalue weighted by Crippen LogP contribution is 2.35. The van der Waals surface area contributed by atoms with Crippen LogP contribution in [0.1, 0.15) is 41.5 Å². The molecule has 5 nitrogen and oxygen atoms in total. The van der Waals surface area contributed by atoms with Crippen LogP contribution in [0.15, 0.2) is 18.3 Å². The number of hydrogen-bond acceptors (Lipinski definition) is 4. The van der Waals surface area contributed by atoms with Gasteiger partial charge in [0.1, 0.15) is 5.75 Å². The Hall–Kier alpha value is -1.88. The molecule has 2 aromatic heterocycles. The summed E-state index contributed by atoms with van der Waals surface area (Å²) >= 11 is 0. The lowest BCUT2D eigenvalue weighted by Gasteiger charge is -2.24. The van der Waals surface area contributed by atoms with Crippen LogP contribution in [0.3, 0.4) is 0 Å². The van der Waals surface area contributed by atoms with Crippen molar-refractivity contribution in [2.24, 2.45) is 0 Å². The van der Waals surface area contributed by atoms with Crippen LogP contribution < -0.4 is 4.74 Å². The minimum Gasteiger partial charge on any atom is -0.497 e. The molecule has 21 heavy (non-hydrogen) atoms. The minimum absolute atomic E-state index is 0.441. The number of methoxy groups -OCH3 is 1. The second-order valence-electron chi connectivity index (χ2n) is 5.66. The summed E-state index contributed by atoms with van der Waals surface area (Å²) in [5, 5.41) is 7.45. The molecule has 1 aliphatic rings. The number of hydrogen-bond donors (Lipinski definition) is 1. The number of likely N-dealkylation sites (tertiary alicyclic amines) is 1. The number of ether oxygens (including phenoxy) is 1. The predicted octanol–water partition coefficient (Wildman–Crippen LogP) is 2.77. The second kappa shape index (κ2) is 5.85. The zero-order valence-electron chi connectivity index (χ0n) is 12.9. The molecule has 0 aromatic carbocycles. The summed E-state index contributed by atoms with van der Waals surface area (Å²) in [5.74, 6) is 0.867. The van der Waals surface area contributed by atoms with Crippen molar-refractivity contribution in [1.29, 1.82) is 0 Å². The Morgan fingerprint density at radius 2 is 2.29 bits per heavy atom. The molecule has 0 aliphatic carbocycles. The van der Waals surface area contributed by atoms with Crippen molar-refractivity contribution in [3.8, 4) is 5.75 Å². The maximum absolute atomic E-state index is 5.28. The van der Waals surface area contributed by atoms with Crippen LogP contribution >= 0.6 is 0 Å². The molecule has 1 N–H and O–H groups in total. The van der Waals surface area contributed by atoms with Crippen molar-refractivity contribution in [2.75, 3.05) is 13.7 Å². The van der Waals surface area contributed by atoms with E-state index in [0.717, 1.165) is 30.2 Å². The van der Waals surface area contributed by atoms with E-state index in [4.69, 9.17) is 4.74 Å². The van der Waals surface area contributed by atoms with Gasteiger partial charge in [-0.05, 0) is 39.3 Å². The Morgan fingerprint density at radius 1 is 1.43 bits per heavy atom. The molecule has 1 aliphatic heterocycles. The highest BCUT2D eigenvalue weighted by molar-refractivity contribution is 5.28. The zero-order chi connectivity index (χ0) is 14.8. The van der Waals surface area contributed by atoms with Gasteiger partial charge in [0.05, 0.1) is 18.5 Å². The van der Waals surface area contributed by atoms with Gasteiger partial charge < -0.3 is 4.74 Å². The molecule has 3 heterocycles. The van der Waals surface area contributed by atoms with E-state index in [2.05, 4.69) is 33.9 Å². The summed E-state index contributed by atoms with van der Waals surface area (Å²) in [6.45, 7) is 6.15. The Kier molecular flexibility index (Phi) is 3.92. The number of nitrogens with one attached hydrogen (secondary N) is 1. The number of nitrogens with zero attached hydrogens (tertiary/aromatic N) is 3. The first-order valence-electron chi connectivity index (χ1n) is 7.43. The largest absolute Gasteiger partial charge is 0.497 e. The van der Waals surface area contributed by atoms with Crippen molar-refractivity contribution in [2.45, 2.75) is 39.3 Å². The maximum atomic E-state index is 5.28. The van der Waals surface area contributed by atoms with Crippen molar-refractivity contribution >= 4 is 0 Å². The SMILES string of the molecule is COc1ccnc(CN2CCCC2c2c(C)n[nH]c2C)c1. The third kappa shape index (κ3) is 2.78. The third-order valence-corrected chi connectivity index (χ3v) is 4.27. The molecule has 0 amide bonds. The van der Waals surface area contributed by atoms with Crippen LogP contribution in [0.25, 0.3) is 0 Å². The highest BCUT2D eigenvalue weighted by Gasteiger charge is 2.29. The smallest absolute Gasteiger partial charge is 0.122 e. The van der Waals surface area contributed by atoms with Gasteiger partial charge in [0.15, 0.2) is 0 Å². The fraction of sp³-hybridized carbons (Fsp3) is 0.500. The Balaban J connectivity index is 1.81. The van der Waals surface area contributed by atoms with Gasteiger partial charge in [0.2, 0.25) is 0 Å². The van der Waals surface area contributed by atoms with Gasteiger partial charge in [0, 0.05) is 36.1 Å². The lowest BCUT2D eigenvalue weighted by molar-refractivity contribution is 0.244. The summed E-state index contributed by atoms with van der Waals surface area (Å²) in [6.07, 6.45) is 4.22. The Bertz CT molecular complexity index is 603. The van der Waals surface area contributed by atoms with E-state index in [1.807, 2.05) is 18.3 Å². The molecule has 1 saturated heterocycles. The van der Waals surface area contributed by atoms with Gasteiger partial charge in [-0.2, -0.15) is 5.10 Å². The van der Waals surface area contributed by atoms with E-state index < -0.39 is 0 Å². The van der Waals surface area contributed by atoms with Crippen LogP contribution in [-0.2, 0) is 6.54 Å². The number of H-pyrrole nitrogens is 1. The van der Waals surface area contributed by atoms with E-state index >= 15 is 0 Å². The molecule has 5 heteroatoms. The normalized spacial score (nSPS) is 19.1. The van der Waals surface area contributed by atoms with Crippen LogP contribution in [0.5, 0.6) is 5.75 Å². The lowest BCUT2D eigenvalue weighted by atomic mass is 10.0. The molecule has 3 rings (SSSR count). The quantitative estimate of drug-likeness (QED) is 0.939. The first-order valence-corrected chi connectivity index (χ1v) is 7.43. The zero-order valence-corrected chi connectivity index (χ0v) is 12.9. The van der Waals surface area contributed by atoms with Crippen LogP contribution in [0.2, 0.25) is 0 Å². The third-order valence-electron chi connectivity index (χ3n) is 4.27. The molecule has 112 valence electrons. The van der Waals surface area contributed by atoms with E-state index in [1.54, 1.807) is 7.11 Å². The fourth-order valence-corrected chi connectivity index (χ4v) is 3.27. The van der Waals surface area contributed by atoms with Crippen LogP contribution in [0.4, 0.5) is 0 Å². The highest BCUT2D eigenvalue weighted by atomic mass is 16.5. The number of aromatic amines is 1. The summed E-state index contributed by atoms with van der Waals surface area (Å²) < 4.78 is 5.28. The van der Waals surface area contributed by atoms with E-state index in [9.17, 15) is 0 Å². The van der Waals surface area contributed by atoms with Gasteiger partial charge in [-0.15, -0.1) is 0 Å². The monoisotopic (exact) mass is 286 g/mol.